The SMILES string of the molecule is O=C(NCCc1ccccc1)N(Cc1ccncc1)Cc1cccnc1. The van der Waals surface area contributed by atoms with Crippen molar-refractivity contribution in [2.45, 2.75) is 19.5 Å². The minimum Gasteiger partial charge on any atom is -0.338 e. The van der Waals surface area contributed by atoms with E-state index in [1.165, 1.54) is 5.56 Å². The van der Waals surface area contributed by atoms with Crippen molar-refractivity contribution in [3.05, 3.63) is 96.1 Å². The zero-order valence-electron chi connectivity index (χ0n) is 14.6. The molecular formula is C21H22N4O. The number of nitrogens with zero attached hydrogens (tertiary/aromatic N) is 3. The van der Waals surface area contributed by atoms with Crippen LogP contribution in [0.25, 0.3) is 0 Å². The number of aromatic nitrogens is 2. The van der Waals surface area contributed by atoms with Crippen LogP contribution >= 0.6 is 0 Å². The van der Waals surface area contributed by atoms with E-state index in [-0.39, 0.29) is 6.03 Å². The predicted octanol–water partition coefficient (Wildman–Crippen LogP) is 3.43. The lowest BCUT2D eigenvalue weighted by Crippen LogP contribution is -2.40. The molecule has 2 aromatic heterocycles. The standard InChI is InChI=1S/C21H22N4O/c26-21(24-14-10-18-5-2-1-3-6-18)25(16-19-8-12-22-13-9-19)17-20-7-4-11-23-15-20/h1-9,11-13,15H,10,14,16-17H2,(H,24,26). The molecule has 3 aromatic rings. The van der Waals surface area contributed by atoms with Crippen LogP contribution < -0.4 is 5.32 Å². The molecule has 132 valence electrons. The fourth-order valence-electron chi connectivity index (χ4n) is 2.69. The highest BCUT2D eigenvalue weighted by Gasteiger charge is 2.14. The van der Waals surface area contributed by atoms with Crippen molar-refractivity contribution in [3.8, 4) is 0 Å². The molecule has 0 saturated carbocycles. The first-order valence-corrected chi connectivity index (χ1v) is 8.66. The Bertz CT molecular complexity index is 753. The zero-order chi connectivity index (χ0) is 18.0. The number of hydrogen-bond acceptors (Lipinski definition) is 3. The molecule has 0 bridgehead atoms. The number of urea groups is 1. The third-order valence-corrected chi connectivity index (χ3v) is 4.04. The molecule has 0 radical (unpaired) electrons. The summed E-state index contributed by atoms with van der Waals surface area (Å²) in [6.07, 6.45) is 7.81. The molecule has 0 saturated heterocycles. The first kappa shape index (κ1) is 17.6. The van der Waals surface area contributed by atoms with E-state index in [1.54, 1.807) is 29.7 Å². The highest BCUT2D eigenvalue weighted by Crippen LogP contribution is 2.09. The lowest BCUT2D eigenvalue weighted by atomic mass is 10.1. The third-order valence-electron chi connectivity index (χ3n) is 4.04. The van der Waals surface area contributed by atoms with Gasteiger partial charge in [-0.3, -0.25) is 9.97 Å². The van der Waals surface area contributed by atoms with Crippen LogP contribution in [-0.2, 0) is 19.5 Å². The second kappa shape index (κ2) is 9.32. The Morgan fingerprint density at radius 1 is 0.808 bits per heavy atom. The third kappa shape index (κ3) is 5.41. The van der Waals surface area contributed by atoms with Crippen LogP contribution in [0.1, 0.15) is 16.7 Å². The summed E-state index contributed by atoms with van der Waals surface area (Å²) in [6.45, 7) is 1.63. The molecular weight excluding hydrogens is 324 g/mol. The summed E-state index contributed by atoms with van der Waals surface area (Å²) in [7, 11) is 0. The largest absolute Gasteiger partial charge is 0.338 e. The molecule has 26 heavy (non-hydrogen) atoms. The van der Waals surface area contributed by atoms with Crippen molar-refractivity contribution in [3.63, 3.8) is 0 Å². The van der Waals surface area contributed by atoms with Gasteiger partial charge < -0.3 is 10.2 Å². The Morgan fingerprint density at radius 2 is 1.54 bits per heavy atom. The maximum Gasteiger partial charge on any atom is 0.318 e. The van der Waals surface area contributed by atoms with Gasteiger partial charge in [0.1, 0.15) is 0 Å². The molecule has 0 fully saturated rings. The normalized spacial score (nSPS) is 10.3. The van der Waals surface area contributed by atoms with E-state index < -0.39 is 0 Å². The van der Waals surface area contributed by atoms with E-state index in [0.717, 1.165) is 17.5 Å². The van der Waals surface area contributed by atoms with Gasteiger partial charge >= 0.3 is 6.03 Å². The fraction of sp³-hybridized carbons (Fsp3) is 0.190. The summed E-state index contributed by atoms with van der Waals surface area (Å²) in [5.74, 6) is 0. The molecule has 5 nitrogen and oxygen atoms in total. The highest BCUT2D eigenvalue weighted by molar-refractivity contribution is 5.74. The quantitative estimate of drug-likeness (QED) is 0.713. The van der Waals surface area contributed by atoms with Gasteiger partial charge in [-0.05, 0) is 41.3 Å². The summed E-state index contributed by atoms with van der Waals surface area (Å²) in [6, 6.07) is 17.8. The van der Waals surface area contributed by atoms with Gasteiger partial charge in [0.15, 0.2) is 0 Å². The Hall–Kier alpha value is -3.21. The molecule has 0 spiro atoms. The Labute approximate surface area is 153 Å². The van der Waals surface area contributed by atoms with Gasteiger partial charge in [0.05, 0.1) is 0 Å². The molecule has 2 heterocycles. The number of hydrogen-bond donors (Lipinski definition) is 1. The second-order valence-electron chi connectivity index (χ2n) is 6.04. The summed E-state index contributed by atoms with van der Waals surface area (Å²) in [5, 5.41) is 3.02. The minimum atomic E-state index is -0.0819. The van der Waals surface area contributed by atoms with Crippen LogP contribution in [0, 0.1) is 0 Å². The Kier molecular flexibility index (Phi) is 6.31. The molecule has 0 aliphatic heterocycles. The van der Waals surface area contributed by atoms with Crippen molar-refractivity contribution in [1.82, 2.24) is 20.2 Å². The fourth-order valence-corrected chi connectivity index (χ4v) is 2.69. The number of carbonyl (C=O) groups excluding carboxylic acids is 1. The van der Waals surface area contributed by atoms with Crippen LogP contribution in [0.3, 0.4) is 0 Å². The maximum absolute atomic E-state index is 12.7. The lowest BCUT2D eigenvalue weighted by molar-refractivity contribution is 0.192. The molecule has 0 aliphatic carbocycles. The van der Waals surface area contributed by atoms with E-state index in [0.29, 0.717) is 19.6 Å². The monoisotopic (exact) mass is 346 g/mol. The van der Waals surface area contributed by atoms with E-state index in [1.807, 2.05) is 42.5 Å². The van der Waals surface area contributed by atoms with Crippen molar-refractivity contribution >= 4 is 6.03 Å². The summed E-state index contributed by atoms with van der Waals surface area (Å²) in [4.78, 5) is 22.7. The Balaban J connectivity index is 1.62. The van der Waals surface area contributed by atoms with Crippen molar-refractivity contribution in [1.29, 1.82) is 0 Å². The number of amides is 2. The molecule has 1 N–H and O–H groups in total. The molecule has 2 amide bonds. The minimum absolute atomic E-state index is 0.0819. The van der Waals surface area contributed by atoms with Crippen LogP contribution in [0.15, 0.2) is 79.4 Å². The van der Waals surface area contributed by atoms with Gasteiger partial charge in [-0.25, -0.2) is 4.79 Å². The van der Waals surface area contributed by atoms with Gasteiger partial charge in [0.25, 0.3) is 0 Å². The lowest BCUT2D eigenvalue weighted by Gasteiger charge is -2.23. The average molecular weight is 346 g/mol. The van der Waals surface area contributed by atoms with E-state index in [4.69, 9.17) is 0 Å². The van der Waals surface area contributed by atoms with Crippen molar-refractivity contribution < 1.29 is 4.79 Å². The first-order chi connectivity index (χ1) is 12.8. The van der Waals surface area contributed by atoms with Crippen LogP contribution in [0.4, 0.5) is 4.79 Å². The van der Waals surface area contributed by atoms with Crippen molar-refractivity contribution in [2.24, 2.45) is 0 Å². The predicted molar refractivity (Wildman–Crippen MR) is 101 cm³/mol. The number of benzene rings is 1. The summed E-state index contributed by atoms with van der Waals surface area (Å²) >= 11 is 0. The topological polar surface area (TPSA) is 58.1 Å². The Morgan fingerprint density at radius 3 is 2.27 bits per heavy atom. The van der Waals surface area contributed by atoms with Crippen LogP contribution in [0.2, 0.25) is 0 Å². The maximum atomic E-state index is 12.7. The molecule has 1 aromatic carbocycles. The second-order valence-corrected chi connectivity index (χ2v) is 6.04. The molecule has 0 unspecified atom stereocenters. The summed E-state index contributed by atoms with van der Waals surface area (Å²) < 4.78 is 0. The molecule has 0 aliphatic rings. The number of pyridine rings is 2. The van der Waals surface area contributed by atoms with E-state index in [2.05, 4.69) is 27.4 Å². The number of rotatable bonds is 7. The van der Waals surface area contributed by atoms with Gasteiger partial charge in [-0.2, -0.15) is 0 Å². The van der Waals surface area contributed by atoms with Gasteiger partial charge in [0.2, 0.25) is 0 Å². The van der Waals surface area contributed by atoms with Crippen molar-refractivity contribution in [2.75, 3.05) is 6.54 Å². The zero-order valence-corrected chi connectivity index (χ0v) is 14.6. The highest BCUT2D eigenvalue weighted by atomic mass is 16.2. The van der Waals surface area contributed by atoms with Gasteiger partial charge in [-0.15, -0.1) is 0 Å². The van der Waals surface area contributed by atoms with E-state index in [9.17, 15) is 4.79 Å². The smallest absolute Gasteiger partial charge is 0.318 e. The van der Waals surface area contributed by atoms with E-state index >= 15 is 0 Å². The number of carbonyl (C=O) groups is 1. The van der Waals surface area contributed by atoms with Crippen LogP contribution in [-0.4, -0.2) is 27.4 Å². The van der Waals surface area contributed by atoms with Gasteiger partial charge in [0, 0.05) is 44.4 Å². The average Bonchev–Trinajstić information content (AvgIpc) is 2.70. The summed E-state index contributed by atoms with van der Waals surface area (Å²) in [5.41, 5.74) is 3.25. The molecule has 3 rings (SSSR count). The first-order valence-electron chi connectivity index (χ1n) is 8.66. The van der Waals surface area contributed by atoms with Gasteiger partial charge in [-0.1, -0.05) is 36.4 Å². The molecule has 5 heteroatoms. The van der Waals surface area contributed by atoms with Crippen LogP contribution in [0.5, 0.6) is 0 Å². The molecule has 0 atom stereocenters. The number of nitrogens with one attached hydrogen (secondary N) is 1.